The van der Waals surface area contributed by atoms with Crippen LogP contribution in [0.4, 0.5) is 0 Å². The zero-order valence-corrected chi connectivity index (χ0v) is 12.7. The van der Waals surface area contributed by atoms with Crippen molar-refractivity contribution >= 4 is 11.6 Å². The number of hydrogen-bond acceptors (Lipinski definition) is 3. The van der Waals surface area contributed by atoms with Gasteiger partial charge >= 0.3 is 0 Å². The summed E-state index contributed by atoms with van der Waals surface area (Å²) in [5.41, 5.74) is 3.84. The molecular formula is C18H18N4O. The molecule has 0 saturated carbocycles. The van der Waals surface area contributed by atoms with Gasteiger partial charge in [-0.3, -0.25) is 4.79 Å². The van der Waals surface area contributed by atoms with Gasteiger partial charge in [0, 0.05) is 49.7 Å². The summed E-state index contributed by atoms with van der Waals surface area (Å²) in [5.74, 6) is 0.425. The van der Waals surface area contributed by atoms with Gasteiger partial charge in [0.2, 0.25) is 0 Å². The topological polar surface area (TPSA) is 58.4 Å². The maximum atomic E-state index is 12.5. The maximum Gasteiger partial charge on any atom is 0.251 e. The van der Waals surface area contributed by atoms with Gasteiger partial charge < -0.3 is 15.0 Å². The van der Waals surface area contributed by atoms with E-state index in [0.717, 1.165) is 35.4 Å². The Labute approximate surface area is 134 Å². The zero-order valence-electron chi connectivity index (χ0n) is 12.7. The molecule has 1 aliphatic heterocycles. The normalized spacial score (nSPS) is 14.6. The fourth-order valence-electron chi connectivity index (χ4n) is 2.91. The smallest absolute Gasteiger partial charge is 0.251 e. The Morgan fingerprint density at radius 1 is 1.26 bits per heavy atom. The first-order valence-corrected chi connectivity index (χ1v) is 7.81. The molecular weight excluding hydrogens is 288 g/mol. The van der Waals surface area contributed by atoms with Crippen molar-refractivity contribution in [2.45, 2.75) is 12.5 Å². The summed E-state index contributed by atoms with van der Waals surface area (Å²) in [5, 5.41) is 6.28. The van der Waals surface area contributed by atoms with Gasteiger partial charge in [-0.2, -0.15) is 0 Å². The van der Waals surface area contributed by atoms with Crippen LogP contribution in [0.2, 0.25) is 0 Å². The first-order valence-electron chi connectivity index (χ1n) is 7.81. The second-order valence-electron chi connectivity index (χ2n) is 5.85. The van der Waals surface area contributed by atoms with Gasteiger partial charge in [-0.25, -0.2) is 4.98 Å². The van der Waals surface area contributed by atoms with Gasteiger partial charge in [0.15, 0.2) is 0 Å². The van der Waals surface area contributed by atoms with Gasteiger partial charge in [-0.05, 0) is 29.3 Å². The minimum absolute atomic E-state index is 0.0179. The van der Waals surface area contributed by atoms with Crippen LogP contribution < -0.4 is 10.6 Å². The molecule has 5 heteroatoms. The Hall–Kier alpha value is -2.66. The number of rotatable bonds is 4. The third-order valence-corrected chi connectivity index (χ3v) is 4.34. The van der Waals surface area contributed by atoms with Crippen molar-refractivity contribution in [3.63, 3.8) is 0 Å². The monoisotopic (exact) mass is 306 g/mol. The maximum absolute atomic E-state index is 12.5. The van der Waals surface area contributed by atoms with Crippen molar-refractivity contribution < 1.29 is 4.79 Å². The second-order valence-corrected chi connectivity index (χ2v) is 5.85. The predicted molar refractivity (Wildman–Crippen MR) is 88.4 cm³/mol. The van der Waals surface area contributed by atoms with Crippen LogP contribution in [0.3, 0.4) is 0 Å². The van der Waals surface area contributed by atoms with E-state index in [1.807, 2.05) is 47.1 Å². The first-order chi connectivity index (χ1) is 11.3. The Kier molecular flexibility index (Phi) is 3.55. The molecule has 0 unspecified atom stereocenters. The molecule has 0 aliphatic carbocycles. The number of carbonyl (C=O) groups is 1. The molecule has 0 bridgehead atoms. The third-order valence-electron chi connectivity index (χ3n) is 4.34. The highest BCUT2D eigenvalue weighted by atomic mass is 16.1. The van der Waals surface area contributed by atoms with Crippen LogP contribution in [0.25, 0.3) is 5.65 Å². The molecule has 3 heterocycles. The Morgan fingerprint density at radius 2 is 2.13 bits per heavy atom. The molecule has 5 nitrogen and oxygen atoms in total. The summed E-state index contributed by atoms with van der Waals surface area (Å²) < 4.78 is 1.95. The molecule has 1 aliphatic rings. The van der Waals surface area contributed by atoms with Gasteiger partial charge in [-0.15, -0.1) is 0 Å². The molecule has 1 fully saturated rings. The average molecular weight is 306 g/mol. The van der Waals surface area contributed by atoms with E-state index in [-0.39, 0.29) is 5.91 Å². The summed E-state index contributed by atoms with van der Waals surface area (Å²) >= 11 is 0. The standard InChI is InChI=1S/C18H18N4O/c23-18(16-4-2-1-3-15(16)14-11-19-12-14)21-10-13-5-7-22-8-6-20-17(22)9-13/h1-9,14,19H,10-12H2,(H,21,23). The molecule has 0 spiro atoms. The highest BCUT2D eigenvalue weighted by molar-refractivity contribution is 5.95. The van der Waals surface area contributed by atoms with Gasteiger partial charge in [0.1, 0.15) is 5.65 Å². The highest BCUT2D eigenvalue weighted by Gasteiger charge is 2.23. The fourth-order valence-corrected chi connectivity index (χ4v) is 2.91. The lowest BCUT2D eigenvalue weighted by molar-refractivity contribution is 0.0949. The largest absolute Gasteiger partial charge is 0.348 e. The summed E-state index contributed by atoms with van der Waals surface area (Å²) in [6.45, 7) is 2.39. The van der Waals surface area contributed by atoms with Gasteiger partial charge in [-0.1, -0.05) is 18.2 Å². The SMILES string of the molecule is O=C(NCc1ccn2ccnc2c1)c1ccccc1C1CNC1. The molecule has 3 aromatic rings. The van der Waals surface area contributed by atoms with Crippen LogP contribution in [0.5, 0.6) is 0 Å². The van der Waals surface area contributed by atoms with Crippen LogP contribution in [0.1, 0.15) is 27.4 Å². The van der Waals surface area contributed by atoms with Crippen LogP contribution >= 0.6 is 0 Å². The molecule has 1 amide bonds. The van der Waals surface area contributed by atoms with E-state index in [9.17, 15) is 4.79 Å². The summed E-state index contributed by atoms with van der Waals surface area (Å²) in [4.78, 5) is 16.8. The molecule has 0 radical (unpaired) electrons. The van der Waals surface area contributed by atoms with E-state index in [0.29, 0.717) is 12.5 Å². The summed E-state index contributed by atoms with van der Waals surface area (Å²) in [6, 6.07) is 11.9. The van der Waals surface area contributed by atoms with Crippen molar-refractivity contribution in [3.05, 3.63) is 71.7 Å². The number of nitrogens with one attached hydrogen (secondary N) is 2. The summed E-state index contributed by atoms with van der Waals surface area (Å²) in [6.07, 6.45) is 5.62. The number of aromatic nitrogens is 2. The minimum atomic E-state index is -0.0179. The Bertz CT molecular complexity index is 851. The molecule has 23 heavy (non-hydrogen) atoms. The van der Waals surface area contributed by atoms with Crippen LogP contribution in [-0.4, -0.2) is 28.4 Å². The number of carbonyl (C=O) groups excluding carboxylic acids is 1. The minimum Gasteiger partial charge on any atom is -0.348 e. The van der Waals surface area contributed by atoms with Crippen LogP contribution in [0.15, 0.2) is 55.0 Å². The van der Waals surface area contributed by atoms with Crippen LogP contribution in [0, 0.1) is 0 Å². The Balaban J connectivity index is 1.49. The number of pyridine rings is 1. The molecule has 2 N–H and O–H groups in total. The Morgan fingerprint density at radius 3 is 2.96 bits per heavy atom. The average Bonchev–Trinajstić information content (AvgIpc) is 2.99. The van der Waals surface area contributed by atoms with Crippen molar-refractivity contribution in [2.75, 3.05) is 13.1 Å². The van der Waals surface area contributed by atoms with Gasteiger partial charge in [0.05, 0.1) is 0 Å². The van der Waals surface area contributed by atoms with E-state index >= 15 is 0 Å². The zero-order chi connectivity index (χ0) is 15.6. The van der Waals surface area contributed by atoms with E-state index in [1.165, 1.54) is 0 Å². The third kappa shape index (κ3) is 2.71. The van der Waals surface area contributed by atoms with Crippen molar-refractivity contribution in [2.24, 2.45) is 0 Å². The van der Waals surface area contributed by atoms with E-state index in [2.05, 4.69) is 21.7 Å². The lowest BCUT2D eigenvalue weighted by Gasteiger charge is -2.29. The van der Waals surface area contributed by atoms with Crippen LogP contribution in [-0.2, 0) is 6.54 Å². The van der Waals surface area contributed by atoms with Crippen molar-refractivity contribution in [1.82, 2.24) is 20.0 Å². The number of nitrogens with zero attached hydrogens (tertiary/aromatic N) is 2. The second kappa shape index (κ2) is 5.85. The molecule has 1 aromatic carbocycles. The lowest BCUT2D eigenvalue weighted by Crippen LogP contribution is -2.41. The number of amides is 1. The highest BCUT2D eigenvalue weighted by Crippen LogP contribution is 2.23. The number of benzene rings is 1. The molecule has 116 valence electrons. The number of imidazole rings is 1. The lowest BCUT2D eigenvalue weighted by atomic mass is 9.89. The quantitative estimate of drug-likeness (QED) is 0.774. The molecule has 1 saturated heterocycles. The predicted octanol–water partition coefficient (Wildman–Crippen LogP) is 1.95. The molecule has 2 aromatic heterocycles. The summed E-state index contributed by atoms with van der Waals surface area (Å²) in [7, 11) is 0. The van der Waals surface area contributed by atoms with E-state index < -0.39 is 0 Å². The van der Waals surface area contributed by atoms with Crippen molar-refractivity contribution in [1.29, 1.82) is 0 Å². The van der Waals surface area contributed by atoms with Crippen molar-refractivity contribution in [3.8, 4) is 0 Å². The van der Waals surface area contributed by atoms with Gasteiger partial charge in [0.25, 0.3) is 5.91 Å². The molecule has 4 rings (SSSR count). The molecule has 0 atom stereocenters. The fraction of sp³-hybridized carbons (Fsp3) is 0.222. The number of hydrogen-bond donors (Lipinski definition) is 2. The van der Waals surface area contributed by atoms with E-state index in [1.54, 1.807) is 6.20 Å². The number of fused-ring (bicyclic) bond motifs is 1. The van der Waals surface area contributed by atoms with E-state index in [4.69, 9.17) is 0 Å². The first kappa shape index (κ1) is 14.0.